The van der Waals surface area contributed by atoms with E-state index in [9.17, 15) is 13.2 Å². The van der Waals surface area contributed by atoms with Gasteiger partial charge in [0.1, 0.15) is 5.82 Å². The summed E-state index contributed by atoms with van der Waals surface area (Å²) in [6.45, 7) is 0.264. The van der Waals surface area contributed by atoms with Crippen molar-refractivity contribution >= 4 is 17.4 Å². The maximum atomic E-state index is 12.7. The van der Waals surface area contributed by atoms with Gasteiger partial charge in [0.25, 0.3) is 0 Å². The van der Waals surface area contributed by atoms with E-state index >= 15 is 0 Å². The molecule has 1 aromatic rings. The van der Waals surface area contributed by atoms with Gasteiger partial charge >= 0.3 is 6.18 Å². The Morgan fingerprint density at radius 1 is 1.50 bits per heavy atom. The number of pyridine rings is 1. The second-order valence-electron chi connectivity index (χ2n) is 3.67. The van der Waals surface area contributed by atoms with Crippen molar-refractivity contribution in [2.45, 2.75) is 18.6 Å². The summed E-state index contributed by atoms with van der Waals surface area (Å²) in [7, 11) is 1.48. The molecule has 0 aliphatic heterocycles. The first-order chi connectivity index (χ1) is 8.49. The molecule has 0 radical (unpaired) electrons. The van der Waals surface area contributed by atoms with Crippen molar-refractivity contribution in [3.63, 3.8) is 0 Å². The van der Waals surface area contributed by atoms with E-state index in [1.165, 1.54) is 19.4 Å². The molecule has 7 heteroatoms. The van der Waals surface area contributed by atoms with E-state index in [0.717, 1.165) is 6.07 Å². The van der Waals surface area contributed by atoms with Gasteiger partial charge in [0.2, 0.25) is 0 Å². The quantitative estimate of drug-likeness (QED) is 0.814. The molecular formula is C11H14ClF3N2O. The van der Waals surface area contributed by atoms with Crippen molar-refractivity contribution in [1.29, 1.82) is 0 Å². The van der Waals surface area contributed by atoms with Crippen LogP contribution >= 0.6 is 11.6 Å². The van der Waals surface area contributed by atoms with Gasteiger partial charge in [0, 0.05) is 19.2 Å². The fraction of sp³-hybridized carbons (Fsp3) is 0.545. The number of halogens is 4. The molecule has 1 N–H and O–H groups in total. The van der Waals surface area contributed by atoms with Crippen molar-refractivity contribution in [1.82, 2.24) is 4.98 Å². The van der Waals surface area contributed by atoms with Crippen LogP contribution in [0, 0.1) is 0 Å². The molecule has 0 aromatic carbocycles. The molecule has 3 nitrogen and oxygen atoms in total. The van der Waals surface area contributed by atoms with E-state index < -0.39 is 11.7 Å². The number of nitrogens with zero attached hydrogens (tertiary/aromatic N) is 1. The number of anilines is 1. The van der Waals surface area contributed by atoms with Crippen LogP contribution < -0.4 is 5.32 Å². The highest BCUT2D eigenvalue weighted by molar-refractivity contribution is 6.17. The molecule has 0 aliphatic rings. The third-order valence-electron chi connectivity index (χ3n) is 2.28. The molecule has 102 valence electrons. The summed E-state index contributed by atoms with van der Waals surface area (Å²) in [5.41, 5.74) is -0.791. The van der Waals surface area contributed by atoms with Crippen molar-refractivity contribution in [2.75, 3.05) is 24.9 Å². The standard InChI is InChI=1S/C11H14ClF3N2O/c1-18-7-8(4-5-12)17-10-9(11(13,14)15)3-2-6-16-10/h2-3,6,8H,4-5,7H2,1H3,(H,16,17). The van der Waals surface area contributed by atoms with Gasteiger partial charge in [-0.15, -0.1) is 11.6 Å². The predicted octanol–water partition coefficient (Wildman–Crippen LogP) is 3.16. The molecule has 1 aromatic heterocycles. The molecule has 0 fully saturated rings. The molecule has 1 rings (SSSR count). The lowest BCUT2D eigenvalue weighted by atomic mass is 10.2. The van der Waals surface area contributed by atoms with Gasteiger partial charge in [0.15, 0.2) is 0 Å². The topological polar surface area (TPSA) is 34.1 Å². The Labute approximate surface area is 108 Å². The number of hydrogen-bond acceptors (Lipinski definition) is 3. The molecule has 1 atom stereocenters. The third-order valence-corrected chi connectivity index (χ3v) is 2.50. The fourth-order valence-electron chi connectivity index (χ4n) is 1.47. The smallest absolute Gasteiger partial charge is 0.383 e. The summed E-state index contributed by atoms with van der Waals surface area (Å²) in [6.07, 6.45) is -2.64. The van der Waals surface area contributed by atoms with Crippen LogP contribution in [0.25, 0.3) is 0 Å². The largest absolute Gasteiger partial charge is 0.419 e. The van der Waals surface area contributed by atoms with Gasteiger partial charge in [-0.05, 0) is 18.6 Å². The molecule has 0 amide bonds. The first kappa shape index (κ1) is 15.0. The SMILES string of the molecule is COCC(CCCl)Nc1ncccc1C(F)(F)F. The number of nitrogens with one attached hydrogen (secondary N) is 1. The van der Waals surface area contributed by atoms with Crippen LogP contribution in [0.5, 0.6) is 0 Å². The van der Waals surface area contributed by atoms with E-state index in [-0.39, 0.29) is 18.5 Å². The summed E-state index contributed by atoms with van der Waals surface area (Å²) in [5, 5.41) is 2.72. The molecule has 18 heavy (non-hydrogen) atoms. The lowest BCUT2D eigenvalue weighted by molar-refractivity contribution is -0.137. The van der Waals surface area contributed by atoms with Crippen LogP contribution in [0.2, 0.25) is 0 Å². The van der Waals surface area contributed by atoms with Gasteiger partial charge in [-0.2, -0.15) is 13.2 Å². The van der Waals surface area contributed by atoms with E-state index in [1.54, 1.807) is 0 Å². The van der Waals surface area contributed by atoms with Crippen molar-refractivity contribution in [3.05, 3.63) is 23.9 Å². The summed E-state index contributed by atoms with van der Waals surface area (Å²) in [4.78, 5) is 3.72. The van der Waals surface area contributed by atoms with Crippen LogP contribution in [0.15, 0.2) is 18.3 Å². The zero-order valence-electron chi connectivity index (χ0n) is 9.80. The zero-order chi connectivity index (χ0) is 13.6. The minimum atomic E-state index is -4.44. The summed E-state index contributed by atoms with van der Waals surface area (Å²) in [6, 6.07) is 1.93. The third kappa shape index (κ3) is 4.34. The van der Waals surface area contributed by atoms with E-state index in [1.807, 2.05) is 0 Å². The van der Waals surface area contributed by atoms with Crippen LogP contribution in [0.1, 0.15) is 12.0 Å². The highest BCUT2D eigenvalue weighted by Gasteiger charge is 2.34. The van der Waals surface area contributed by atoms with Gasteiger partial charge in [0.05, 0.1) is 18.2 Å². The molecule has 0 saturated carbocycles. The monoisotopic (exact) mass is 282 g/mol. The van der Waals surface area contributed by atoms with Gasteiger partial charge < -0.3 is 10.1 Å². The fourth-order valence-corrected chi connectivity index (χ4v) is 1.74. The minimum Gasteiger partial charge on any atom is -0.383 e. The van der Waals surface area contributed by atoms with Crippen molar-refractivity contribution < 1.29 is 17.9 Å². The summed E-state index contributed by atoms with van der Waals surface area (Å²) >= 11 is 5.59. The normalized spacial score (nSPS) is 13.4. The number of alkyl halides is 4. The summed E-state index contributed by atoms with van der Waals surface area (Å²) in [5.74, 6) is 0.132. The summed E-state index contributed by atoms with van der Waals surface area (Å²) < 4.78 is 43.1. The zero-order valence-corrected chi connectivity index (χ0v) is 10.6. The number of methoxy groups -OCH3 is 1. The number of rotatable bonds is 6. The average molecular weight is 283 g/mol. The second kappa shape index (κ2) is 6.80. The maximum absolute atomic E-state index is 12.7. The molecular weight excluding hydrogens is 269 g/mol. The Balaban J connectivity index is 2.88. The molecule has 1 heterocycles. The van der Waals surface area contributed by atoms with Crippen LogP contribution in [0.3, 0.4) is 0 Å². The molecule has 0 aliphatic carbocycles. The molecule has 0 saturated heterocycles. The lowest BCUT2D eigenvalue weighted by Gasteiger charge is -2.20. The Kier molecular flexibility index (Phi) is 5.68. The van der Waals surface area contributed by atoms with Crippen LogP contribution in [-0.4, -0.2) is 30.6 Å². The Bertz CT molecular complexity index is 368. The second-order valence-corrected chi connectivity index (χ2v) is 4.05. The van der Waals surface area contributed by atoms with E-state index in [4.69, 9.17) is 16.3 Å². The highest BCUT2D eigenvalue weighted by atomic mass is 35.5. The lowest BCUT2D eigenvalue weighted by Crippen LogP contribution is -2.27. The van der Waals surface area contributed by atoms with Crippen LogP contribution in [0.4, 0.5) is 19.0 Å². The van der Waals surface area contributed by atoms with Crippen LogP contribution in [-0.2, 0) is 10.9 Å². The highest BCUT2D eigenvalue weighted by Crippen LogP contribution is 2.33. The number of ether oxygens (including phenoxy) is 1. The Hall–Kier alpha value is -1.01. The molecule has 0 bridgehead atoms. The number of aromatic nitrogens is 1. The average Bonchev–Trinajstić information content (AvgIpc) is 2.29. The minimum absolute atomic E-state index is 0.197. The Morgan fingerprint density at radius 3 is 2.78 bits per heavy atom. The predicted molar refractivity (Wildman–Crippen MR) is 63.9 cm³/mol. The number of hydrogen-bond donors (Lipinski definition) is 1. The van der Waals surface area contributed by atoms with Gasteiger partial charge in [-0.1, -0.05) is 0 Å². The van der Waals surface area contributed by atoms with Gasteiger partial charge in [-0.3, -0.25) is 0 Å². The Morgan fingerprint density at radius 2 is 2.22 bits per heavy atom. The van der Waals surface area contributed by atoms with Crippen molar-refractivity contribution in [2.24, 2.45) is 0 Å². The molecule has 1 unspecified atom stereocenters. The molecule has 0 spiro atoms. The van der Waals surface area contributed by atoms with E-state index in [0.29, 0.717) is 12.3 Å². The van der Waals surface area contributed by atoms with Crippen molar-refractivity contribution in [3.8, 4) is 0 Å². The first-order valence-corrected chi connectivity index (χ1v) is 5.86. The van der Waals surface area contributed by atoms with Gasteiger partial charge in [-0.25, -0.2) is 4.98 Å². The maximum Gasteiger partial charge on any atom is 0.419 e. The van der Waals surface area contributed by atoms with E-state index in [2.05, 4.69) is 10.3 Å². The first-order valence-electron chi connectivity index (χ1n) is 5.32.